The van der Waals surface area contributed by atoms with Crippen molar-refractivity contribution < 1.29 is 0 Å². The number of aryl methyl sites for hydroxylation is 2. The molecule has 0 aliphatic rings. The predicted molar refractivity (Wildman–Crippen MR) is 158 cm³/mol. The Balaban J connectivity index is 1.61. The molecule has 0 aliphatic heterocycles. The van der Waals surface area contributed by atoms with Crippen molar-refractivity contribution in [1.29, 1.82) is 0 Å². The summed E-state index contributed by atoms with van der Waals surface area (Å²) in [6.07, 6.45) is 22.6. The van der Waals surface area contributed by atoms with Crippen molar-refractivity contribution in [3.05, 3.63) is 59.7 Å². The molecule has 2 rings (SSSR count). The molecule has 2 aromatic carbocycles. The van der Waals surface area contributed by atoms with E-state index in [0.717, 1.165) is 6.04 Å². The van der Waals surface area contributed by atoms with Crippen molar-refractivity contribution in [2.45, 2.75) is 130 Å². The summed E-state index contributed by atoms with van der Waals surface area (Å²) in [4.78, 5) is 0. The Kier molecular flexibility index (Phi) is 14.9. The van der Waals surface area contributed by atoms with Crippen LogP contribution in [0.15, 0.2) is 48.5 Å². The van der Waals surface area contributed by atoms with Crippen molar-refractivity contribution in [3.63, 3.8) is 0 Å². The van der Waals surface area contributed by atoms with Crippen LogP contribution >= 0.6 is 11.1 Å². The highest BCUT2D eigenvalue weighted by atomic mass is 35.6. The first-order valence-corrected chi connectivity index (χ1v) is 17.6. The molecule has 2 aromatic rings. The van der Waals surface area contributed by atoms with Gasteiger partial charge in [0.25, 0.3) is 0 Å². The summed E-state index contributed by atoms with van der Waals surface area (Å²) in [7, 11) is -2.20. The molecule has 0 heterocycles. The molecule has 0 aliphatic carbocycles. The van der Waals surface area contributed by atoms with Gasteiger partial charge in [-0.25, -0.2) is 0 Å². The van der Waals surface area contributed by atoms with Crippen LogP contribution in [0.4, 0.5) is 0 Å². The van der Waals surface area contributed by atoms with Gasteiger partial charge in [-0.3, -0.25) is 0 Å². The molecular weight excluding hydrogens is 448 g/mol. The van der Waals surface area contributed by atoms with Gasteiger partial charge in [-0.05, 0) is 30.3 Å². The Labute approximate surface area is 217 Å². The van der Waals surface area contributed by atoms with Crippen LogP contribution in [0.25, 0.3) is 0 Å². The van der Waals surface area contributed by atoms with E-state index in [1.54, 1.807) is 0 Å². The molecule has 1 unspecified atom stereocenters. The highest BCUT2D eigenvalue weighted by molar-refractivity contribution is 7.34. The lowest BCUT2D eigenvalue weighted by Gasteiger charge is -2.26. The van der Waals surface area contributed by atoms with Crippen LogP contribution in [0, 0.1) is 13.8 Å². The Morgan fingerprint density at radius 3 is 1.38 bits per heavy atom. The van der Waals surface area contributed by atoms with Gasteiger partial charge in [-0.1, -0.05) is 169 Å². The normalized spacial score (nSPS) is 13.2. The largest absolute Gasteiger partial charge is 0.217 e. The topological polar surface area (TPSA) is 0 Å². The fourth-order valence-corrected chi connectivity index (χ4v) is 9.67. The van der Waals surface area contributed by atoms with Crippen molar-refractivity contribution >= 4 is 28.8 Å². The van der Waals surface area contributed by atoms with Gasteiger partial charge in [0.15, 0.2) is 0 Å². The van der Waals surface area contributed by atoms with E-state index in [-0.39, 0.29) is 0 Å². The third kappa shape index (κ3) is 11.1. The predicted octanol–water partition coefficient (Wildman–Crippen LogP) is 9.86. The van der Waals surface area contributed by atoms with E-state index in [9.17, 15) is 0 Å². The van der Waals surface area contributed by atoms with E-state index in [4.69, 9.17) is 11.1 Å². The van der Waals surface area contributed by atoms with Crippen molar-refractivity contribution in [1.82, 2.24) is 0 Å². The zero-order chi connectivity index (χ0) is 24.5. The first-order valence-electron chi connectivity index (χ1n) is 14.4. The lowest BCUT2D eigenvalue weighted by molar-refractivity contribution is 0.531. The van der Waals surface area contributed by atoms with Gasteiger partial charge in [0.05, 0.1) is 0 Å². The van der Waals surface area contributed by atoms with E-state index in [0.29, 0.717) is 0 Å². The summed E-state index contributed by atoms with van der Waals surface area (Å²) in [5.41, 5.74) is 2.66. The molecule has 0 aromatic heterocycles. The van der Waals surface area contributed by atoms with Crippen LogP contribution in [0.2, 0.25) is 6.04 Å². The fraction of sp³-hybridized carbons (Fsp3) is 0.625. The summed E-state index contributed by atoms with van der Waals surface area (Å²) in [6.45, 7) is 6.69. The van der Waals surface area contributed by atoms with E-state index < -0.39 is 7.38 Å². The van der Waals surface area contributed by atoms with E-state index in [2.05, 4.69) is 69.3 Å². The first kappa shape index (κ1) is 29.2. The highest BCUT2D eigenvalue weighted by Crippen LogP contribution is 2.22. The molecule has 0 saturated heterocycles. The standard InChI is InChI=1S/C32H51ClSi/c1-4-5-6-7-8-9-10-11-12-13-14-15-16-17-18-22-25-34(33,31-23-20-19-21-24-31)32-27-29(2)26-30(3)28-32/h19-21,23-24,26-28H,4-18,22,25H2,1-3H3. The number of benzene rings is 2. The number of halogens is 1. The minimum Gasteiger partial charge on any atom is -0.155 e. The maximum Gasteiger partial charge on any atom is 0.217 e. The summed E-state index contributed by atoms with van der Waals surface area (Å²) in [5, 5.41) is 2.75. The van der Waals surface area contributed by atoms with E-state index >= 15 is 0 Å². The molecule has 0 N–H and O–H groups in total. The number of rotatable bonds is 19. The second kappa shape index (κ2) is 17.4. The van der Waals surface area contributed by atoms with Crippen molar-refractivity contribution in [2.75, 3.05) is 0 Å². The van der Waals surface area contributed by atoms with Gasteiger partial charge in [-0.15, -0.1) is 0 Å². The average Bonchev–Trinajstić information content (AvgIpc) is 2.83. The van der Waals surface area contributed by atoms with Gasteiger partial charge >= 0.3 is 0 Å². The molecule has 2 heteroatoms. The molecule has 34 heavy (non-hydrogen) atoms. The van der Waals surface area contributed by atoms with E-state index in [1.807, 2.05) is 0 Å². The van der Waals surface area contributed by atoms with Crippen LogP contribution in [0.3, 0.4) is 0 Å². The van der Waals surface area contributed by atoms with Crippen LogP contribution < -0.4 is 10.4 Å². The third-order valence-corrected chi connectivity index (χ3v) is 12.7. The highest BCUT2D eigenvalue weighted by Gasteiger charge is 2.35. The maximum atomic E-state index is 7.54. The van der Waals surface area contributed by atoms with Gasteiger partial charge < -0.3 is 0 Å². The minimum atomic E-state index is -2.20. The van der Waals surface area contributed by atoms with Crippen LogP contribution in [0.5, 0.6) is 0 Å². The average molecular weight is 499 g/mol. The number of hydrogen-bond acceptors (Lipinski definition) is 0. The molecule has 0 fully saturated rings. The van der Waals surface area contributed by atoms with Crippen LogP contribution in [0.1, 0.15) is 121 Å². The van der Waals surface area contributed by atoms with Crippen LogP contribution in [-0.4, -0.2) is 7.38 Å². The zero-order valence-corrected chi connectivity index (χ0v) is 24.3. The Morgan fingerprint density at radius 1 is 0.529 bits per heavy atom. The summed E-state index contributed by atoms with van der Waals surface area (Å²) >= 11 is 7.54. The van der Waals surface area contributed by atoms with Gasteiger partial charge in [0, 0.05) is 0 Å². The molecule has 0 radical (unpaired) electrons. The Bertz CT molecular complexity index is 752. The molecule has 0 spiro atoms. The molecule has 0 saturated carbocycles. The maximum absolute atomic E-state index is 7.54. The smallest absolute Gasteiger partial charge is 0.155 e. The lowest BCUT2D eigenvalue weighted by Crippen LogP contribution is -2.53. The molecule has 190 valence electrons. The Morgan fingerprint density at radius 2 is 0.941 bits per heavy atom. The minimum absolute atomic E-state index is 1.14. The second-order valence-electron chi connectivity index (χ2n) is 10.6. The SMILES string of the molecule is CCCCCCCCCCCCCCCCCC[Si](Cl)(c1ccccc1)c1cc(C)cc(C)c1. The fourth-order valence-electron chi connectivity index (χ4n) is 5.28. The molecule has 0 nitrogen and oxygen atoms in total. The third-order valence-electron chi connectivity index (χ3n) is 7.29. The molecule has 0 bridgehead atoms. The molecule has 0 amide bonds. The number of hydrogen-bond donors (Lipinski definition) is 0. The summed E-state index contributed by atoms with van der Waals surface area (Å²) in [6, 6.07) is 19.0. The van der Waals surface area contributed by atoms with Gasteiger partial charge in [0.2, 0.25) is 7.38 Å². The second-order valence-corrected chi connectivity index (χ2v) is 15.8. The number of unbranched alkanes of at least 4 members (excludes halogenated alkanes) is 15. The Hall–Kier alpha value is -1.05. The molecule has 1 atom stereocenters. The molecular formula is C32H51ClSi. The lowest BCUT2D eigenvalue weighted by atomic mass is 10.0. The first-order chi connectivity index (χ1) is 16.6. The summed E-state index contributed by atoms with van der Waals surface area (Å²) in [5.74, 6) is 0. The van der Waals surface area contributed by atoms with Crippen LogP contribution in [-0.2, 0) is 0 Å². The van der Waals surface area contributed by atoms with Gasteiger partial charge in [0.1, 0.15) is 0 Å². The van der Waals surface area contributed by atoms with E-state index in [1.165, 1.54) is 124 Å². The quantitative estimate of drug-likeness (QED) is 0.103. The van der Waals surface area contributed by atoms with Crippen molar-refractivity contribution in [2.24, 2.45) is 0 Å². The zero-order valence-electron chi connectivity index (χ0n) is 22.5. The van der Waals surface area contributed by atoms with Crippen molar-refractivity contribution in [3.8, 4) is 0 Å². The monoisotopic (exact) mass is 498 g/mol. The summed E-state index contributed by atoms with van der Waals surface area (Å²) < 4.78 is 0. The van der Waals surface area contributed by atoms with Gasteiger partial charge in [-0.2, -0.15) is 11.1 Å².